The second kappa shape index (κ2) is 10.7. The number of amides is 1. The third kappa shape index (κ3) is 6.39. The largest absolute Gasteiger partial charge is 0.373 e. The maximum atomic E-state index is 12.6. The summed E-state index contributed by atoms with van der Waals surface area (Å²) in [6.07, 6.45) is 2.86. The highest BCUT2D eigenvalue weighted by Crippen LogP contribution is 2.22. The van der Waals surface area contributed by atoms with Gasteiger partial charge < -0.3 is 15.0 Å². The number of carbonyl (C=O) groups excluding carboxylic acids is 1. The van der Waals surface area contributed by atoms with Gasteiger partial charge in [0.2, 0.25) is 5.91 Å². The first-order valence-corrected chi connectivity index (χ1v) is 8.34. The topological polar surface area (TPSA) is 44.8 Å². The minimum absolute atomic E-state index is 0. The highest BCUT2D eigenvalue weighted by Gasteiger charge is 2.33. The van der Waals surface area contributed by atoms with Crippen LogP contribution in [0.1, 0.15) is 33.6 Å². The number of hydrogen-bond acceptors (Lipinski definition) is 4. The lowest BCUT2D eigenvalue weighted by molar-refractivity contribution is -0.136. The van der Waals surface area contributed by atoms with E-state index in [0.29, 0.717) is 24.2 Å². The van der Waals surface area contributed by atoms with E-state index in [1.165, 1.54) is 0 Å². The van der Waals surface area contributed by atoms with Crippen molar-refractivity contribution in [2.24, 2.45) is 5.92 Å². The number of hydrogen-bond donors (Lipinski definition) is 1. The summed E-state index contributed by atoms with van der Waals surface area (Å²) in [5.41, 5.74) is 0. The second-order valence-corrected chi connectivity index (χ2v) is 6.76. The summed E-state index contributed by atoms with van der Waals surface area (Å²) in [7, 11) is 1.90. The molecule has 2 aliphatic rings. The maximum absolute atomic E-state index is 12.6. The normalized spacial score (nSPS) is 29.6. The van der Waals surface area contributed by atoms with Crippen LogP contribution in [0.3, 0.4) is 0 Å². The number of morpholine rings is 1. The molecule has 0 aromatic heterocycles. The number of likely N-dealkylation sites (tertiary alicyclic amines) is 1. The van der Waals surface area contributed by atoms with Gasteiger partial charge in [-0.2, -0.15) is 0 Å². The Hall–Kier alpha value is -0.0700. The number of nitrogens with zero attached hydrogens (tertiary/aromatic N) is 2. The van der Waals surface area contributed by atoms with Gasteiger partial charge in [-0.25, -0.2) is 0 Å². The lowest BCUT2D eigenvalue weighted by Crippen LogP contribution is -2.51. The zero-order valence-corrected chi connectivity index (χ0v) is 16.4. The minimum atomic E-state index is 0. The second-order valence-electron chi connectivity index (χ2n) is 6.76. The van der Waals surface area contributed by atoms with E-state index in [0.717, 1.165) is 45.6 Å². The van der Waals surface area contributed by atoms with Crippen molar-refractivity contribution in [3.05, 3.63) is 0 Å². The smallest absolute Gasteiger partial charge is 0.226 e. The van der Waals surface area contributed by atoms with E-state index in [4.69, 9.17) is 4.74 Å². The Kier molecular flexibility index (Phi) is 10.7. The summed E-state index contributed by atoms with van der Waals surface area (Å²) < 4.78 is 5.79. The number of ether oxygens (including phenoxy) is 1. The van der Waals surface area contributed by atoms with Crippen LogP contribution in [0.25, 0.3) is 0 Å². The molecule has 0 aromatic rings. The van der Waals surface area contributed by atoms with Crippen molar-refractivity contribution in [1.29, 1.82) is 0 Å². The fourth-order valence-corrected chi connectivity index (χ4v) is 3.72. The number of nitrogens with one attached hydrogen (secondary N) is 1. The highest BCUT2D eigenvalue weighted by atomic mass is 35.5. The summed E-state index contributed by atoms with van der Waals surface area (Å²) in [4.78, 5) is 17.1. The molecule has 2 heterocycles. The fourth-order valence-electron chi connectivity index (χ4n) is 3.72. The Morgan fingerprint density at radius 3 is 2.43 bits per heavy atom. The first-order chi connectivity index (χ1) is 10.0. The van der Waals surface area contributed by atoms with E-state index < -0.39 is 0 Å². The molecule has 138 valence electrons. The van der Waals surface area contributed by atoms with Gasteiger partial charge in [0.05, 0.1) is 12.2 Å². The highest BCUT2D eigenvalue weighted by molar-refractivity contribution is 5.85. The monoisotopic (exact) mass is 369 g/mol. The molecule has 4 unspecified atom stereocenters. The van der Waals surface area contributed by atoms with Crippen molar-refractivity contribution in [2.75, 3.05) is 39.8 Å². The number of halogens is 2. The van der Waals surface area contributed by atoms with Gasteiger partial charge in [-0.05, 0) is 33.7 Å². The van der Waals surface area contributed by atoms with Crippen molar-refractivity contribution in [1.82, 2.24) is 15.1 Å². The van der Waals surface area contributed by atoms with Crippen LogP contribution in [0.4, 0.5) is 0 Å². The standard InChI is InChI=1S/C16H31N3O2.2ClH/c1-12(8-17-4)16(20)19-7-5-6-15(19)11-18-9-13(2)21-14(3)10-18;;/h12-15,17H,5-11H2,1-4H3;2*1H. The molecule has 0 spiro atoms. The molecule has 1 N–H and O–H groups in total. The van der Waals surface area contributed by atoms with Gasteiger partial charge in [0.25, 0.3) is 0 Å². The van der Waals surface area contributed by atoms with Gasteiger partial charge in [0.15, 0.2) is 0 Å². The summed E-state index contributed by atoms with van der Waals surface area (Å²) in [6.45, 7) is 10.9. The summed E-state index contributed by atoms with van der Waals surface area (Å²) >= 11 is 0. The van der Waals surface area contributed by atoms with Crippen molar-refractivity contribution < 1.29 is 9.53 Å². The van der Waals surface area contributed by atoms with E-state index in [9.17, 15) is 4.79 Å². The molecule has 2 saturated heterocycles. The van der Waals surface area contributed by atoms with Crippen molar-refractivity contribution >= 4 is 30.7 Å². The van der Waals surface area contributed by atoms with Gasteiger partial charge in [0.1, 0.15) is 0 Å². The van der Waals surface area contributed by atoms with Crippen LogP contribution in [-0.2, 0) is 9.53 Å². The van der Waals surface area contributed by atoms with Gasteiger partial charge in [0, 0.05) is 44.7 Å². The van der Waals surface area contributed by atoms with Gasteiger partial charge >= 0.3 is 0 Å². The van der Waals surface area contributed by atoms with Crippen molar-refractivity contribution in [2.45, 2.75) is 51.9 Å². The van der Waals surface area contributed by atoms with E-state index in [1.54, 1.807) is 0 Å². The molecule has 2 fully saturated rings. The quantitative estimate of drug-likeness (QED) is 0.802. The zero-order chi connectivity index (χ0) is 15.4. The molecule has 2 rings (SSSR count). The number of carbonyl (C=O) groups is 1. The minimum Gasteiger partial charge on any atom is -0.373 e. The van der Waals surface area contributed by atoms with Crippen molar-refractivity contribution in [3.8, 4) is 0 Å². The molecule has 0 radical (unpaired) electrons. The molecular weight excluding hydrogens is 337 g/mol. The third-order valence-corrected chi connectivity index (χ3v) is 4.56. The van der Waals surface area contributed by atoms with Gasteiger partial charge in [-0.3, -0.25) is 9.69 Å². The Morgan fingerprint density at radius 1 is 1.26 bits per heavy atom. The Bertz CT molecular complexity index is 350. The predicted molar refractivity (Wildman–Crippen MR) is 98.8 cm³/mol. The van der Waals surface area contributed by atoms with Gasteiger partial charge in [-0.15, -0.1) is 24.8 Å². The maximum Gasteiger partial charge on any atom is 0.226 e. The molecule has 5 nitrogen and oxygen atoms in total. The van der Waals surface area contributed by atoms with Gasteiger partial charge in [-0.1, -0.05) is 6.92 Å². The predicted octanol–water partition coefficient (Wildman–Crippen LogP) is 1.79. The molecule has 23 heavy (non-hydrogen) atoms. The molecule has 1 amide bonds. The Balaban J connectivity index is 0.00000242. The molecular formula is C16H33Cl2N3O2. The van der Waals surface area contributed by atoms with E-state index >= 15 is 0 Å². The first kappa shape index (κ1) is 22.9. The Morgan fingerprint density at radius 2 is 1.87 bits per heavy atom. The van der Waals surface area contributed by atoms with E-state index in [1.807, 2.05) is 14.0 Å². The molecule has 0 saturated carbocycles. The van der Waals surface area contributed by atoms with Crippen LogP contribution in [0.5, 0.6) is 0 Å². The van der Waals surface area contributed by atoms with Crippen LogP contribution in [0, 0.1) is 5.92 Å². The van der Waals surface area contributed by atoms with E-state index in [-0.39, 0.29) is 30.7 Å². The van der Waals surface area contributed by atoms with Crippen LogP contribution in [0.2, 0.25) is 0 Å². The molecule has 0 aromatic carbocycles. The first-order valence-electron chi connectivity index (χ1n) is 8.34. The van der Waals surface area contributed by atoms with Crippen molar-refractivity contribution in [3.63, 3.8) is 0 Å². The van der Waals surface area contributed by atoms with Crippen LogP contribution >= 0.6 is 24.8 Å². The molecule has 7 heteroatoms. The average molecular weight is 370 g/mol. The molecule has 4 atom stereocenters. The molecule has 0 bridgehead atoms. The summed E-state index contributed by atoms with van der Waals surface area (Å²) in [6, 6.07) is 0.384. The molecule has 0 aliphatic carbocycles. The van der Waals surface area contributed by atoms with E-state index in [2.05, 4.69) is 29.0 Å². The SMILES string of the molecule is CNCC(C)C(=O)N1CCCC1CN1CC(C)OC(C)C1.Cl.Cl. The number of rotatable bonds is 5. The average Bonchev–Trinajstić information content (AvgIpc) is 2.85. The van der Waals surface area contributed by atoms with Crippen LogP contribution in [0.15, 0.2) is 0 Å². The zero-order valence-electron chi connectivity index (χ0n) is 14.8. The Labute approximate surface area is 153 Å². The van der Waals surface area contributed by atoms with Crippen LogP contribution < -0.4 is 5.32 Å². The third-order valence-electron chi connectivity index (χ3n) is 4.56. The lowest BCUT2D eigenvalue weighted by atomic mass is 10.1. The molecule has 2 aliphatic heterocycles. The lowest BCUT2D eigenvalue weighted by Gasteiger charge is -2.38. The summed E-state index contributed by atoms with van der Waals surface area (Å²) in [5, 5.41) is 3.11. The summed E-state index contributed by atoms with van der Waals surface area (Å²) in [5.74, 6) is 0.374. The fraction of sp³-hybridized carbons (Fsp3) is 0.938. The van der Waals surface area contributed by atoms with Crippen LogP contribution in [-0.4, -0.2) is 73.7 Å².